The predicted molar refractivity (Wildman–Crippen MR) is 117 cm³/mol. The number of nitrogens with zero attached hydrogens (tertiary/aromatic N) is 1. The maximum absolute atomic E-state index is 12.3. The SMILES string of the molecule is COC(=O)C(=C/OC(=O)c1ccc(C)cc1)/N=C\C(C(=O)OCc1ccccc1)=C(/C)O. The van der Waals surface area contributed by atoms with E-state index in [0.29, 0.717) is 0 Å². The molecule has 0 spiro atoms. The third-order valence-corrected chi connectivity index (χ3v) is 4.11. The van der Waals surface area contributed by atoms with Crippen LogP contribution in [0.5, 0.6) is 0 Å². The van der Waals surface area contributed by atoms with Crippen molar-refractivity contribution in [2.24, 2.45) is 4.99 Å². The summed E-state index contributed by atoms with van der Waals surface area (Å²) in [6, 6.07) is 15.6. The Hall–Kier alpha value is -4.20. The van der Waals surface area contributed by atoms with Gasteiger partial charge < -0.3 is 19.3 Å². The summed E-state index contributed by atoms with van der Waals surface area (Å²) in [6.07, 6.45) is 1.75. The maximum Gasteiger partial charge on any atom is 0.359 e. The van der Waals surface area contributed by atoms with Crippen molar-refractivity contribution >= 4 is 24.1 Å². The fourth-order valence-corrected chi connectivity index (χ4v) is 2.33. The minimum atomic E-state index is -0.912. The highest BCUT2D eigenvalue weighted by Gasteiger charge is 2.16. The molecule has 0 bridgehead atoms. The maximum atomic E-state index is 12.3. The zero-order valence-corrected chi connectivity index (χ0v) is 17.9. The van der Waals surface area contributed by atoms with Gasteiger partial charge in [0.15, 0.2) is 5.70 Å². The first-order valence-electron chi connectivity index (χ1n) is 9.53. The Bertz CT molecular complexity index is 1050. The second-order valence-electron chi connectivity index (χ2n) is 6.59. The number of allylic oxidation sites excluding steroid dienone is 1. The molecule has 0 radical (unpaired) electrons. The van der Waals surface area contributed by atoms with Crippen molar-refractivity contribution in [2.75, 3.05) is 7.11 Å². The molecule has 0 unspecified atom stereocenters. The lowest BCUT2D eigenvalue weighted by atomic mass is 10.1. The van der Waals surface area contributed by atoms with Gasteiger partial charge in [0.25, 0.3) is 0 Å². The normalized spacial score (nSPS) is 12.2. The first kappa shape index (κ1) is 24.1. The molecule has 0 aliphatic carbocycles. The number of aliphatic hydroxyl groups is 1. The highest BCUT2D eigenvalue weighted by Crippen LogP contribution is 2.10. The number of hydrogen-bond donors (Lipinski definition) is 1. The quantitative estimate of drug-likeness (QED) is 0.220. The molecule has 0 aromatic heterocycles. The van der Waals surface area contributed by atoms with Crippen molar-refractivity contribution in [3.8, 4) is 0 Å². The Morgan fingerprint density at radius 2 is 1.66 bits per heavy atom. The van der Waals surface area contributed by atoms with Crippen LogP contribution >= 0.6 is 0 Å². The van der Waals surface area contributed by atoms with Crippen LogP contribution in [-0.4, -0.2) is 36.3 Å². The van der Waals surface area contributed by atoms with E-state index in [1.807, 2.05) is 13.0 Å². The predicted octanol–water partition coefficient (Wildman–Crippen LogP) is 3.81. The summed E-state index contributed by atoms with van der Waals surface area (Å²) in [5.41, 5.74) is 1.32. The van der Waals surface area contributed by atoms with Crippen LogP contribution in [0.3, 0.4) is 0 Å². The van der Waals surface area contributed by atoms with Gasteiger partial charge in [0, 0.05) is 6.21 Å². The van der Waals surface area contributed by atoms with Crippen LogP contribution in [0.2, 0.25) is 0 Å². The van der Waals surface area contributed by atoms with E-state index in [2.05, 4.69) is 9.73 Å². The average molecular weight is 437 g/mol. The van der Waals surface area contributed by atoms with Crippen LogP contribution < -0.4 is 0 Å². The number of carbonyl (C=O) groups excluding carboxylic acids is 3. The van der Waals surface area contributed by atoms with Gasteiger partial charge in [0.05, 0.1) is 12.7 Å². The van der Waals surface area contributed by atoms with Crippen LogP contribution in [0.4, 0.5) is 0 Å². The molecule has 0 saturated carbocycles. The number of hydrogen-bond acceptors (Lipinski definition) is 8. The van der Waals surface area contributed by atoms with Crippen LogP contribution in [0, 0.1) is 6.92 Å². The van der Waals surface area contributed by atoms with Crippen molar-refractivity contribution in [1.29, 1.82) is 0 Å². The van der Waals surface area contributed by atoms with E-state index < -0.39 is 23.6 Å². The van der Waals surface area contributed by atoms with E-state index in [0.717, 1.165) is 30.7 Å². The van der Waals surface area contributed by atoms with Crippen molar-refractivity contribution in [2.45, 2.75) is 20.5 Å². The Balaban J connectivity index is 2.14. The van der Waals surface area contributed by atoms with Crippen molar-refractivity contribution < 1.29 is 33.7 Å². The summed E-state index contributed by atoms with van der Waals surface area (Å²) >= 11 is 0. The number of methoxy groups -OCH3 is 1. The zero-order valence-electron chi connectivity index (χ0n) is 17.9. The molecule has 8 heteroatoms. The summed E-state index contributed by atoms with van der Waals surface area (Å²) in [5, 5.41) is 9.84. The van der Waals surface area contributed by atoms with Crippen LogP contribution in [0.1, 0.15) is 28.4 Å². The standard InChI is InChI=1S/C24H23NO7/c1-16-9-11-19(12-10-16)22(27)32-15-21(24(29)30-3)25-13-20(17(2)26)23(28)31-14-18-7-5-4-6-8-18/h4-13,15,26H,14H2,1-3H3/b20-17-,21-15-,25-13-. The fraction of sp³-hybridized carbons (Fsp3) is 0.167. The molecule has 0 aliphatic heterocycles. The van der Waals surface area contributed by atoms with Gasteiger partial charge in [-0.25, -0.2) is 19.4 Å². The first-order valence-corrected chi connectivity index (χ1v) is 9.53. The van der Waals surface area contributed by atoms with Gasteiger partial charge in [-0.1, -0.05) is 48.0 Å². The Labute approximate surface area is 185 Å². The van der Waals surface area contributed by atoms with Gasteiger partial charge in [0.1, 0.15) is 24.2 Å². The van der Waals surface area contributed by atoms with Gasteiger partial charge in [0.2, 0.25) is 0 Å². The highest BCUT2D eigenvalue weighted by atomic mass is 16.5. The summed E-state index contributed by atoms with van der Waals surface area (Å²) in [5.74, 6) is -2.84. The number of esters is 3. The van der Waals surface area contributed by atoms with Gasteiger partial charge in [-0.15, -0.1) is 0 Å². The summed E-state index contributed by atoms with van der Waals surface area (Å²) in [7, 11) is 1.12. The molecule has 2 aromatic rings. The van der Waals surface area contributed by atoms with Gasteiger partial charge in [-0.2, -0.15) is 0 Å². The molecule has 0 heterocycles. The average Bonchev–Trinajstić information content (AvgIpc) is 2.80. The largest absolute Gasteiger partial charge is 0.512 e. The van der Waals surface area contributed by atoms with E-state index in [1.54, 1.807) is 48.5 Å². The number of aryl methyl sites for hydroxylation is 1. The summed E-state index contributed by atoms with van der Waals surface area (Å²) in [4.78, 5) is 40.3. The van der Waals surface area contributed by atoms with Crippen LogP contribution in [0.25, 0.3) is 0 Å². The molecule has 0 aliphatic rings. The second kappa shape index (κ2) is 11.8. The van der Waals surface area contributed by atoms with Gasteiger partial charge >= 0.3 is 17.9 Å². The minimum absolute atomic E-state index is 0.0157. The first-order chi connectivity index (χ1) is 15.3. The number of aliphatic hydroxyl groups excluding tert-OH is 1. The molecular formula is C24H23NO7. The van der Waals surface area contributed by atoms with Gasteiger partial charge in [-0.3, -0.25) is 0 Å². The Morgan fingerprint density at radius 1 is 1.00 bits per heavy atom. The smallest absolute Gasteiger partial charge is 0.359 e. The summed E-state index contributed by atoms with van der Waals surface area (Å²) < 4.78 is 14.8. The minimum Gasteiger partial charge on any atom is -0.512 e. The molecule has 32 heavy (non-hydrogen) atoms. The molecule has 0 atom stereocenters. The zero-order chi connectivity index (χ0) is 23.5. The lowest BCUT2D eigenvalue weighted by molar-refractivity contribution is -0.140. The van der Waals surface area contributed by atoms with E-state index >= 15 is 0 Å². The van der Waals surface area contributed by atoms with Crippen molar-refractivity contribution in [3.05, 3.63) is 94.6 Å². The molecular weight excluding hydrogens is 414 g/mol. The number of benzene rings is 2. The van der Waals surface area contributed by atoms with E-state index in [9.17, 15) is 19.5 Å². The third-order valence-electron chi connectivity index (χ3n) is 4.11. The topological polar surface area (TPSA) is 111 Å². The fourth-order valence-electron chi connectivity index (χ4n) is 2.33. The molecule has 0 fully saturated rings. The number of aliphatic imine (C=N–C) groups is 1. The third kappa shape index (κ3) is 7.24. The van der Waals surface area contributed by atoms with Crippen LogP contribution in [0.15, 0.2) is 82.9 Å². The highest BCUT2D eigenvalue weighted by molar-refractivity contribution is 6.10. The van der Waals surface area contributed by atoms with E-state index in [4.69, 9.17) is 9.47 Å². The monoisotopic (exact) mass is 437 g/mol. The van der Waals surface area contributed by atoms with Crippen LogP contribution in [-0.2, 0) is 30.4 Å². The summed E-state index contributed by atoms with van der Waals surface area (Å²) in [6.45, 7) is 3.13. The Kier molecular flexibility index (Phi) is 8.91. The molecule has 1 N–H and O–H groups in total. The molecule has 166 valence electrons. The van der Waals surface area contributed by atoms with E-state index in [-0.39, 0.29) is 23.5 Å². The molecule has 0 amide bonds. The number of rotatable bonds is 8. The number of ether oxygens (including phenoxy) is 3. The molecule has 0 saturated heterocycles. The number of carbonyl (C=O) groups is 3. The molecule has 2 aromatic carbocycles. The van der Waals surface area contributed by atoms with E-state index in [1.165, 1.54) is 6.92 Å². The second-order valence-corrected chi connectivity index (χ2v) is 6.59. The van der Waals surface area contributed by atoms with Crippen molar-refractivity contribution in [3.63, 3.8) is 0 Å². The Morgan fingerprint density at radius 3 is 2.25 bits per heavy atom. The lowest BCUT2D eigenvalue weighted by Gasteiger charge is -2.07. The van der Waals surface area contributed by atoms with Gasteiger partial charge in [-0.05, 0) is 31.5 Å². The molecule has 2 rings (SSSR count). The lowest BCUT2D eigenvalue weighted by Crippen LogP contribution is -2.12. The van der Waals surface area contributed by atoms with Crippen molar-refractivity contribution in [1.82, 2.24) is 0 Å². The molecule has 8 nitrogen and oxygen atoms in total.